The van der Waals surface area contributed by atoms with Crippen LogP contribution >= 0.6 is 12.2 Å². The van der Waals surface area contributed by atoms with Crippen LogP contribution in [-0.2, 0) is 17.6 Å². The van der Waals surface area contributed by atoms with Crippen molar-refractivity contribution in [3.05, 3.63) is 22.9 Å². The molecule has 0 bridgehead atoms. The van der Waals surface area contributed by atoms with Crippen LogP contribution in [0.15, 0.2) is 6.07 Å². The molecule has 0 atom stereocenters. The van der Waals surface area contributed by atoms with Gasteiger partial charge < -0.3 is 15.4 Å². The summed E-state index contributed by atoms with van der Waals surface area (Å²) in [6.45, 7) is 4.44. The van der Waals surface area contributed by atoms with Gasteiger partial charge in [-0.2, -0.15) is 0 Å². The second-order valence-electron chi connectivity index (χ2n) is 4.76. The Hall–Kier alpha value is -1.20. The number of rotatable bonds is 6. The molecule has 104 valence electrons. The molecule has 1 aromatic heterocycles. The SMILES string of the molecule is CCN(CCOC)c1nc2c(cc1C(N)=S)CCC2. The summed E-state index contributed by atoms with van der Waals surface area (Å²) in [4.78, 5) is 7.40. The van der Waals surface area contributed by atoms with Crippen molar-refractivity contribution >= 4 is 23.0 Å². The molecule has 19 heavy (non-hydrogen) atoms. The van der Waals surface area contributed by atoms with Gasteiger partial charge in [-0.05, 0) is 37.8 Å². The molecule has 0 radical (unpaired) electrons. The van der Waals surface area contributed by atoms with E-state index in [1.807, 2.05) is 0 Å². The van der Waals surface area contributed by atoms with E-state index in [0.717, 1.165) is 37.3 Å². The zero-order valence-corrected chi connectivity index (χ0v) is 12.4. The van der Waals surface area contributed by atoms with E-state index in [1.54, 1.807) is 7.11 Å². The Bertz CT molecular complexity index is 476. The lowest BCUT2D eigenvalue weighted by molar-refractivity contribution is 0.205. The smallest absolute Gasteiger partial charge is 0.139 e. The highest BCUT2D eigenvalue weighted by molar-refractivity contribution is 7.80. The number of ether oxygens (including phenoxy) is 1. The third-order valence-electron chi connectivity index (χ3n) is 3.54. The van der Waals surface area contributed by atoms with Gasteiger partial charge in [0.25, 0.3) is 0 Å². The zero-order chi connectivity index (χ0) is 13.8. The molecule has 5 heteroatoms. The summed E-state index contributed by atoms with van der Waals surface area (Å²) in [5.41, 5.74) is 9.26. The molecule has 0 aliphatic heterocycles. The molecule has 2 N–H and O–H groups in total. The van der Waals surface area contributed by atoms with Gasteiger partial charge in [-0.15, -0.1) is 0 Å². The van der Waals surface area contributed by atoms with Crippen molar-refractivity contribution in [1.82, 2.24) is 4.98 Å². The fourth-order valence-corrected chi connectivity index (χ4v) is 2.65. The van der Waals surface area contributed by atoms with Crippen molar-refractivity contribution in [3.63, 3.8) is 0 Å². The number of hydrogen-bond acceptors (Lipinski definition) is 4. The van der Waals surface area contributed by atoms with Crippen LogP contribution in [0.5, 0.6) is 0 Å². The number of nitrogens with two attached hydrogens (primary N) is 1. The highest BCUT2D eigenvalue weighted by atomic mass is 32.1. The molecule has 4 nitrogen and oxygen atoms in total. The molecule has 0 amide bonds. The molecular weight excluding hydrogens is 258 g/mol. The first-order chi connectivity index (χ1) is 9.17. The van der Waals surface area contributed by atoms with Crippen molar-refractivity contribution in [1.29, 1.82) is 0 Å². The highest BCUT2D eigenvalue weighted by Crippen LogP contribution is 2.27. The molecule has 2 rings (SSSR count). The first kappa shape index (κ1) is 14.2. The number of anilines is 1. The Morgan fingerprint density at radius 3 is 2.95 bits per heavy atom. The van der Waals surface area contributed by atoms with Crippen LogP contribution in [0.2, 0.25) is 0 Å². The second-order valence-corrected chi connectivity index (χ2v) is 5.20. The topological polar surface area (TPSA) is 51.4 Å². The van der Waals surface area contributed by atoms with Gasteiger partial charge in [0.15, 0.2) is 0 Å². The quantitative estimate of drug-likeness (QED) is 0.803. The van der Waals surface area contributed by atoms with E-state index in [9.17, 15) is 0 Å². The third kappa shape index (κ3) is 3.04. The lowest BCUT2D eigenvalue weighted by Gasteiger charge is -2.24. The Kier molecular flexibility index (Phi) is 4.71. The maximum Gasteiger partial charge on any atom is 0.139 e. The van der Waals surface area contributed by atoms with E-state index in [4.69, 9.17) is 27.7 Å². The molecule has 1 aliphatic carbocycles. The summed E-state index contributed by atoms with van der Waals surface area (Å²) in [6, 6.07) is 2.13. The molecule has 0 unspecified atom stereocenters. The van der Waals surface area contributed by atoms with Gasteiger partial charge in [-0.1, -0.05) is 12.2 Å². The summed E-state index contributed by atoms with van der Waals surface area (Å²) in [5.74, 6) is 0.910. The second kappa shape index (κ2) is 6.30. The molecule has 1 heterocycles. The highest BCUT2D eigenvalue weighted by Gasteiger charge is 2.20. The van der Waals surface area contributed by atoms with E-state index in [0.29, 0.717) is 11.6 Å². The van der Waals surface area contributed by atoms with Gasteiger partial charge in [0, 0.05) is 25.9 Å². The van der Waals surface area contributed by atoms with E-state index in [1.165, 1.54) is 17.7 Å². The number of nitrogens with zero attached hydrogens (tertiary/aromatic N) is 2. The van der Waals surface area contributed by atoms with E-state index >= 15 is 0 Å². The number of aromatic nitrogens is 1. The zero-order valence-electron chi connectivity index (χ0n) is 11.6. The number of pyridine rings is 1. The number of likely N-dealkylation sites (N-methyl/N-ethyl adjacent to an activating group) is 1. The monoisotopic (exact) mass is 279 g/mol. The average Bonchev–Trinajstić information content (AvgIpc) is 2.85. The Morgan fingerprint density at radius 2 is 2.32 bits per heavy atom. The van der Waals surface area contributed by atoms with E-state index in [2.05, 4.69) is 17.9 Å². The normalized spacial score (nSPS) is 13.4. The molecule has 0 spiro atoms. The van der Waals surface area contributed by atoms with Gasteiger partial charge in [0.2, 0.25) is 0 Å². The minimum atomic E-state index is 0.424. The molecule has 1 aliphatic rings. The average molecular weight is 279 g/mol. The number of fused-ring (bicyclic) bond motifs is 1. The maximum absolute atomic E-state index is 5.86. The summed E-state index contributed by atoms with van der Waals surface area (Å²) in [6.07, 6.45) is 3.32. The van der Waals surface area contributed by atoms with Gasteiger partial charge in [0.05, 0.1) is 12.2 Å². The van der Waals surface area contributed by atoms with Crippen LogP contribution in [-0.4, -0.2) is 36.8 Å². The van der Waals surface area contributed by atoms with Crippen molar-refractivity contribution in [2.45, 2.75) is 26.2 Å². The predicted molar refractivity (Wildman–Crippen MR) is 81.9 cm³/mol. The summed E-state index contributed by atoms with van der Waals surface area (Å²) < 4.78 is 5.16. The summed E-state index contributed by atoms with van der Waals surface area (Å²) in [5, 5.41) is 0. The van der Waals surface area contributed by atoms with Gasteiger partial charge in [-0.3, -0.25) is 0 Å². The summed E-state index contributed by atoms with van der Waals surface area (Å²) >= 11 is 5.18. The number of methoxy groups -OCH3 is 1. The number of thiocarbonyl (C=S) groups is 1. The largest absolute Gasteiger partial charge is 0.389 e. The Morgan fingerprint density at radius 1 is 1.53 bits per heavy atom. The maximum atomic E-state index is 5.86. The van der Waals surface area contributed by atoms with Gasteiger partial charge >= 0.3 is 0 Å². The number of hydrogen-bond donors (Lipinski definition) is 1. The van der Waals surface area contributed by atoms with Crippen LogP contribution in [0.25, 0.3) is 0 Å². The molecule has 0 fully saturated rings. The first-order valence-electron chi connectivity index (χ1n) is 6.73. The number of aryl methyl sites for hydroxylation is 2. The lowest BCUT2D eigenvalue weighted by Crippen LogP contribution is -2.30. The van der Waals surface area contributed by atoms with Gasteiger partial charge in [-0.25, -0.2) is 4.98 Å². The van der Waals surface area contributed by atoms with E-state index < -0.39 is 0 Å². The van der Waals surface area contributed by atoms with Crippen molar-refractivity contribution in [3.8, 4) is 0 Å². The van der Waals surface area contributed by atoms with Crippen LogP contribution in [0.4, 0.5) is 5.82 Å². The molecule has 0 saturated heterocycles. The predicted octanol–water partition coefficient (Wildman–Crippen LogP) is 1.68. The van der Waals surface area contributed by atoms with Crippen LogP contribution < -0.4 is 10.6 Å². The Balaban J connectivity index is 2.38. The third-order valence-corrected chi connectivity index (χ3v) is 3.76. The minimum absolute atomic E-state index is 0.424. The van der Waals surface area contributed by atoms with E-state index in [-0.39, 0.29) is 0 Å². The molecule has 0 aromatic carbocycles. The fraction of sp³-hybridized carbons (Fsp3) is 0.571. The lowest BCUT2D eigenvalue weighted by atomic mass is 10.1. The standard InChI is InChI=1S/C14H21N3OS/c1-3-17(7-8-18-2)14-11(13(15)19)9-10-5-4-6-12(10)16-14/h9H,3-8H2,1-2H3,(H2,15,19). The fourth-order valence-electron chi connectivity index (χ4n) is 2.50. The van der Waals surface area contributed by atoms with Crippen molar-refractivity contribution in [2.24, 2.45) is 5.73 Å². The molecule has 1 aromatic rings. The van der Waals surface area contributed by atoms with Crippen LogP contribution in [0.1, 0.15) is 30.2 Å². The summed E-state index contributed by atoms with van der Waals surface area (Å²) in [7, 11) is 1.71. The van der Waals surface area contributed by atoms with Crippen LogP contribution in [0.3, 0.4) is 0 Å². The van der Waals surface area contributed by atoms with Crippen LogP contribution in [0, 0.1) is 0 Å². The van der Waals surface area contributed by atoms with Crippen molar-refractivity contribution in [2.75, 3.05) is 31.7 Å². The molecule has 0 saturated carbocycles. The minimum Gasteiger partial charge on any atom is -0.389 e. The molecular formula is C14H21N3OS. The van der Waals surface area contributed by atoms with Crippen molar-refractivity contribution < 1.29 is 4.74 Å². The first-order valence-corrected chi connectivity index (χ1v) is 7.14. The van der Waals surface area contributed by atoms with Gasteiger partial charge in [0.1, 0.15) is 10.8 Å². The Labute approximate surface area is 120 Å².